The van der Waals surface area contributed by atoms with Crippen molar-refractivity contribution >= 4 is 28.2 Å². The lowest BCUT2D eigenvalue weighted by Crippen LogP contribution is -2.39. The number of pyridine rings is 1. The normalized spacial score (nSPS) is 16.8. The highest BCUT2D eigenvalue weighted by molar-refractivity contribution is 6.35. The summed E-state index contributed by atoms with van der Waals surface area (Å²) < 4.78 is 14.6. The first-order chi connectivity index (χ1) is 10.7. The van der Waals surface area contributed by atoms with E-state index in [1.54, 1.807) is 12.1 Å². The highest BCUT2D eigenvalue weighted by atomic mass is 35.5. The largest absolute Gasteiger partial charge is 0.380 e. The minimum atomic E-state index is -0.325. The first kappa shape index (κ1) is 15.3. The molecule has 1 aromatic heterocycles. The summed E-state index contributed by atoms with van der Waals surface area (Å²) in [5, 5.41) is 4.48. The van der Waals surface area contributed by atoms with Crippen LogP contribution >= 0.6 is 11.6 Å². The first-order valence-electron chi connectivity index (χ1n) is 7.51. The van der Waals surface area contributed by atoms with E-state index in [1.165, 1.54) is 6.20 Å². The number of nitrogens with zero attached hydrogens (tertiary/aromatic N) is 2. The Balaban J connectivity index is 1.75. The average Bonchev–Trinajstić information content (AvgIpc) is 2.53. The van der Waals surface area contributed by atoms with Gasteiger partial charge in [-0.2, -0.15) is 0 Å². The maximum Gasteiger partial charge on any atom is 0.172 e. The fourth-order valence-electron chi connectivity index (χ4n) is 2.92. The van der Waals surface area contributed by atoms with E-state index in [0.29, 0.717) is 21.6 Å². The number of fused-ring (bicyclic) bond motifs is 1. The Morgan fingerprint density at radius 2 is 2.14 bits per heavy atom. The van der Waals surface area contributed by atoms with Crippen molar-refractivity contribution in [3.63, 3.8) is 0 Å². The van der Waals surface area contributed by atoms with Crippen LogP contribution in [0.3, 0.4) is 0 Å². The topological polar surface area (TPSA) is 28.2 Å². The van der Waals surface area contributed by atoms with Gasteiger partial charge in [0, 0.05) is 37.3 Å². The van der Waals surface area contributed by atoms with E-state index in [4.69, 9.17) is 11.6 Å². The van der Waals surface area contributed by atoms with Crippen molar-refractivity contribution in [1.29, 1.82) is 0 Å². The Labute approximate surface area is 134 Å². The second-order valence-corrected chi connectivity index (χ2v) is 6.03. The Bertz CT molecular complexity index is 681. The van der Waals surface area contributed by atoms with E-state index in [1.807, 2.05) is 12.1 Å². The second kappa shape index (κ2) is 6.63. The number of anilines is 1. The summed E-state index contributed by atoms with van der Waals surface area (Å²) in [6, 6.07) is 5.53. The van der Waals surface area contributed by atoms with Crippen LogP contribution in [0.15, 0.2) is 37.1 Å². The molecule has 1 aliphatic heterocycles. The molecule has 22 heavy (non-hydrogen) atoms. The lowest BCUT2D eigenvalue weighted by atomic mass is 10.0. The van der Waals surface area contributed by atoms with Gasteiger partial charge in [-0.25, -0.2) is 4.39 Å². The first-order valence-corrected chi connectivity index (χ1v) is 7.89. The predicted octanol–water partition coefficient (Wildman–Crippen LogP) is 4.09. The van der Waals surface area contributed by atoms with Crippen LogP contribution in [0.1, 0.15) is 12.8 Å². The van der Waals surface area contributed by atoms with Crippen molar-refractivity contribution in [2.45, 2.75) is 18.9 Å². The molecule has 1 aromatic carbocycles. The molecule has 0 amide bonds. The zero-order chi connectivity index (χ0) is 15.5. The molecule has 0 radical (unpaired) electrons. The number of halogens is 2. The smallest absolute Gasteiger partial charge is 0.172 e. The van der Waals surface area contributed by atoms with E-state index >= 15 is 0 Å². The summed E-state index contributed by atoms with van der Waals surface area (Å²) in [5.74, 6) is -0.325. The Kier molecular flexibility index (Phi) is 4.60. The quantitative estimate of drug-likeness (QED) is 0.860. The minimum Gasteiger partial charge on any atom is -0.380 e. The van der Waals surface area contributed by atoms with Gasteiger partial charge < -0.3 is 5.32 Å². The van der Waals surface area contributed by atoms with Crippen LogP contribution < -0.4 is 5.32 Å². The van der Waals surface area contributed by atoms with Crippen molar-refractivity contribution in [3.8, 4) is 0 Å². The van der Waals surface area contributed by atoms with Gasteiger partial charge in [-0.05, 0) is 31.0 Å². The van der Waals surface area contributed by atoms with Gasteiger partial charge in [0.05, 0.1) is 10.7 Å². The maximum atomic E-state index is 14.6. The number of piperidine rings is 1. The van der Waals surface area contributed by atoms with Crippen LogP contribution in [0.4, 0.5) is 10.1 Å². The molecule has 0 bridgehead atoms. The molecule has 0 saturated carbocycles. The predicted molar refractivity (Wildman–Crippen MR) is 90.0 cm³/mol. The highest BCUT2D eigenvalue weighted by Gasteiger charge is 2.20. The molecular formula is C17H19ClFN3. The van der Waals surface area contributed by atoms with Crippen molar-refractivity contribution in [3.05, 3.63) is 47.9 Å². The van der Waals surface area contributed by atoms with E-state index in [0.717, 1.165) is 32.5 Å². The van der Waals surface area contributed by atoms with Gasteiger partial charge in [0.15, 0.2) is 5.82 Å². The fourth-order valence-corrected chi connectivity index (χ4v) is 3.13. The van der Waals surface area contributed by atoms with E-state index in [-0.39, 0.29) is 11.9 Å². The van der Waals surface area contributed by atoms with Crippen LogP contribution in [0.2, 0.25) is 5.02 Å². The van der Waals surface area contributed by atoms with Gasteiger partial charge in [-0.3, -0.25) is 9.88 Å². The fraction of sp³-hybridized carbons (Fsp3) is 0.353. The van der Waals surface area contributed by atoms with Gasteiger partial charge in [0.2, 0.25) is 0 Å². The average molecular weight is 320 g/mol. The molecule has 1 N–H and O–H groups in total. The minimum absolute atomic E-state index is 0.284. The van der Waals surface area contributed by atoms with E-state index < -0.39 is 0 Å². The summed E-state index contributed by atoms with van der Waals surface area (Å²) >= 11 is 6.08. The molecule has 116 valence electrons. The third-order valence-electron chi connectivity index (χ3n) is 4.13. The lowest BCUT2D eigenvalue weighted by Gasteiger charge is -2.32. The number of nitrogens with one attached hydrogen (secondary N) is 1. The van der Waals surface area contributed by atoms with Crippen LogP contribution in [0.25, 0.3) is 10.9 Å². The molecule has 0 spiro atoms. The molecule has 2 heterocycles. The monoisotopic (exact) mass is 319 g/mol. The van der Waals surface area contributed by atoms with Gasteiger partial charge in [0.25, 0.3) is 0 Å². The van der Waals surface area contributed by atoms with Crippen molar-refractivity contribution in [1.82, 2.24) is 9.88 Å². The van der Waals surface area contributed by atoms with Crippen molar-refractivity contribution < 1.29 is 4.39 Å². The summed E-state index contributed by atoms with van der Waals surface area (Å²) in [6.07, 6.45) is 5.44. The highest BCUT2D eigenvalue weighted by Crippen LogP contribution is 2.29. The molecule has 0 atom stereocenters. The number of aromatic nitrogens is 1. The molecule has 3 rings (SSSR count). The molecule has 3 nitrogen and oxygen atoms in total. The van der Waals surface area contributed by atoms with Crippen molar-refractivity contribution in [2.24, 2.45) is 0 Å². The van der Waals surface area contributed by atoms with E-state index in [9.17, 15) is 4.39 Å². The number of rotatable bonds is 4. The zero-order valence-electron chi connectivity index (χ0n) is 12.4. The molecule has 0 aliphatic carbocycles. The third kappa shape index (κ3) is 3.08. The molecule has 1 saturated heterocycles. The van der Waals surface area contributed by atoms with Gasteiger partial charge >= 0.3 is 0 Å². The summed E-state index contributed by atoms with van der Waals surface area (Å²) in [6.45, 7) is 6.69. The van der Waals surface area contributed by atoms with E-state index in [2.05, 4.69) is 21.8 Å². The van der Waals surface area contributed by atoms with Gasteiger partial charge in [-0.1, -0.05) is 17.7 Å². The molecule has 0 unspecified atom stereocenters. The number of benzene rings is 1. The Hall–Kier alpha value is -1.65. The second-order valence-electron chi connectivity index (χ2n) is 5.62. The Morgan fingerprint density at radius 3 is 2.86 bits per heavy atom. The SMILES string of the molecule is C=CCN1CCC(Nc2ccc3c(Cl)ccnc3c2F)CC1. The van der Waals surface area contributed by atoms with Gasteiger partial charge in [0.1, 0.15) is 5.52 Å². The summed E-state index contributed by atoms with van der Waals surface area (Å²) in [5.41, 5.74) is 0.825. The van der Waals surface area contributed by atoms with Crippen LogP contribution in [-0.2, 0) is 0 Å². The summed E-state index contributed by atoms with van der Waals surface area (Å²) in [7, 11) is 0. The van der Waals surface area contributed by atoms with Crippen LogP contribution in [0.5, 0.6) is 0 Å². The van der Waals surface area contributed by atoms with Crippen LogP contribution in [0, 0.1) is 5.82 Å². The molecular weight excluding hydrogens is 301 g/mol. The summed E-state index contributed by atoms with van der Waals surface area (Å²) in [4.78, 5) is 6.46. The molecule has 2 aromatic rings. The molecule has 5 heteroatoms. The number of hydrogen-bond acceptors (Lipinski definition) is 3. The molecule has 1 aliphatic rings. The zero-order valence-corrected chi connectivity index (χ0v) is 13.1. The van der Waals surface area contributed by atoms with Crippen LogP contribution in [-0.4, -0.2) is 35.6 Å². The number of likely N-dealkylation sites (tertiary alicyclic amines) is 1. The van der Waals surface area contributed by atoms with Gasteiger partial charge in [-0.15, -0.1) is 6.58 Å². The Morgan fingerprint density at radius 1 is 1.36 bits per heavy atom. The maximum absolute atomic E-state index is 14.6. The van der Waals surface area contributed by atoms with Crippen molar-refractivity contribution in [2.75, 3.05) is 25.0 Å². The lowest BCUT2D eigenvalue weighted by molar-refractivity contribution is 0.240. The number of hydrogen-bond donors (Lipinski definition) is 1. The standard InChI is InChI=1S/C17H19ClFN3/c1-2-9-22-10-6-12(7-11-22)21-15-4-3-13-14(18)5-8-20-17(13)16(15)19/h2-5,8,12,21H,1,6-7,9-11H2. The molecule has 1 fully saturated rings. The third-order valence-corrected chi connectivity index (χ3v) is 4.46.